The molecule has 2 rings (SSSR count). The lowest BCUT2D eigenvalue weighted by molar-refractivity contribution is -0.148. The highest BCUT2D eigenvalue weighted by Gasteiger charge is 2.28. The van der Waals surface area contributed by atoms with E-state index in [-0.39, 0.29) is 53.1 Å². The average molecular weight is 643 g/mol. The minimum atomic E-state index is -1.20. The number of halogens is 2. The summed E-state index contributed by atoms with van der Waals surface area (Å²) in [5.41, 5.74) is 0.880. The van der Waals surface area contributed by atoms with Crippen LogP contribution >= 0.6 is 17.0 Å². The van der Waals surface area contributed by atoms with Gasteiger partial charge in [0.1, 0.15) is 11.9 Å². The van der Waals surface area contributed by atoms with Crippen LogP contribution in [-0.4, -0.2) is 45.1 Å². The summed E-state index contributed by atoms with van der Waals surface area (Å²) in [7, 11) is 0. The third-order valence-corrected chi connectivity index (χ3v) is 6.87. The van der Waals surface area contributed by atoms with E-state index in [1.165, 1.54) is 16.1 Å². The molecule has 11 heteroatoms. The van der Waals surface area contributed by atoms with Gasteiger partial charge in [-0.3, -0.25) is 9.59 Å². The molecule has 0 saturated carbocycles. The molecule has 0 saturated heterocycles. The molecule has 0 aliphatic rings. The van der Waals surface area contributed by atoms with Gasteiger partial charge in [-0.15, -0.1) is 22.0 Å². The Hall–Kier alpha value is -2.95. The van der Waals surface area contributed by atoms with Crippen molar-refractivity contribution in [3.05, 3.63) is 46.8 Å². The Kier molecular flexibility index (Phi) is 13.0. The lowest BCUT2D eigenvalue weighted by Gasteiger charge is -2.28. The zero-order valence-electron chi connectivity index (χ0n) is 25.6. The van der Waals surface area contributed by atoms with Crippen molar-refractivity contribution in [2.75, 3.05) is 6.79 Å². The first kappa shape index (κ1) is 36.1. The van der Waals surface area contributed by atoms with E-state index in [1.807, 2.05) is 55.4 Å². The second kappa shape index (κ2) is 14.8. The maximum Gasteiger partial charge on any atom is 0.439 e. The maximum atomic E-state index is 15.1. The molecule has 41 heavy (non-hydrogen) atoms. The fraction of sp³-hybridized carbons (Fsp3) is 0.600. The van der Waals surface area contributed by atoms with Crippen molar-refractivity contribution in [1.82, 2.24) is 9.13 Å². The number of alkyl halides is 1. The fourth-order valence-corrected chi connectivity index (χ4v) is 4.45. The summed E-state index contributed by atoms with van der Waals surface area (Å²) in [5, 5.41) is 11.0. The van der Waals surface area contributed by atoms with Gasteiger partial charge in [-0.25, -0.2) is 9.18 Å². The number of phenolic OH excluding ortho intramolecular Hbond substituents is 1. The zero-order valence-corrected chi connectivity index (χ0v) is 27.3. The molecule has 0 spiro atoms. The highest BCUT2D eigenvalue weighted by atomic mass is 79.9. The van der Waals surface area contributed by atoms with Gasteiger partial charge < -0.3 is 23.7 Å². The summed E-state index contributed by atoms with van der Waals surface area (Å²) in [6.07, 6.45) is 2.19. The van der Waals surface area contributed by atoms with Crippen LogP contribution in [0.25, 0.3) is 0 Å². The quantitative estimate of drug-likeness (QED) is 0.183. The van der Waals surface area contributed by atoms with E-state index in [2.05, 4.69) is 9.73 Å². The standard InChI is InChI=1S/C30H44FN3O6.BrH/c1-10-20(11-2)24(31)16-33-12-13-34(27(33)32-28(38)40-18-39-19(3)35)17-25(36)21-14-22(29(4,5)6)26(37)23(15-21)30(7,8)9;/h12-15,20,24,37H,10-11,16-18H2,1-9H3;1H/b32-27-;. The fourth-order valence-electron chi connectivity index (χ4n) is 4.45. The van der Waals surface area contributed by atoms with Gasteiger partial charge in [0.25, 0.3) is 0 Å². The Morgan fingerprint density at radius 1 is 0.951 bits per heavy atom. The molecule has 1 atom stereocenters. The molecule has 0 aliphatic heterocycles. The number of amides is 1. The summed E-state index contributed by atoms with van der Waals surface area (Å²) < 4.78 is 27.5. The summed E-state index contributed by atoms with van der Waals surface area (Å²) in [6.45, 7) is 15.9. The SMILES string of the molecule is Br.CCC(CC)C(F)Cn1ccn(CC(=O)c2cc(C(C)(C)C)c(O)c(C(C)(C)C)c2)/c1=N\C(=O)OCOC(C)=O. The first-order valence-corrected chi connectivity index (χ1v) is 13.6. The van der Waals surface area contributed by atoms with Crippen LogP contribution in [0.5, 0.6) is 5.75 Å². The summed E-state index contributed by atoms with van der Waals surface area (Å²) >= 11 is 0. The van der Waals surface area contributed by atoms with Crippen molar-refractivity contribution >= 4 is 34.8 Å². The van der Waals surface area contributed by atoms with E-state index in [9.17, 15) is 19.5 Å². The number of nitrogens with zero attached hydrogens (tertiary/aromatic N) is 3. The Balaban J connectivity index is 0.00000840. The summed E-state index contributed by atoms with van der Waals surface area (Å²) in [4.78, 5) is 41.0. The van der Waals surface area contributed by atoms with Crippen molar-refractivity contribution in [3.8, 4) is 5.75 Å². The van der Waals surface area contributed by atoms with Crippen molar-refractivity contribution in [3.63, 3.8) is 0 Å². The number of Topliss-reactive ketones (excluding diaryl/α,β-unsaturated/α-hetero) is 1. The Morgan fingerprint density at radius 3 is 1.93 bits per heavy atom. The van der Waals surface area contributed by atoms with Gasteiger partial charge in [-0.05, 0) is 28.9 Å². The van der Waals surface area contributed by atoms with E-state index in [1.54, 1.807) is 24.5 Å². The van der Waals surface area contributed by atoms with Crippen LogP contribution in [-0.2, 0) is 38.2 Å². The Bertz CT molecular complexity index is 1250. The number of ketones is 1. The molecule has 0 fully saturated rings. The van der Waals surface area contributed by atoms with E-state index < -0.39 is 35.9 Å². The lowest BCUT2D eigenvalue weighted by atomic mass is 9.78. The van der Waals surface area contributed by atoms with Crippen LogP contribution in [0.2, 0.25) is 0 Å². The monoisotopic (exact) mass is 641 g/mol. The number of aromatic nitrogens is 2. The maximum absolute atomic E-state index is 15.1. The minimum Gasteiger partial charge on any atom is -0.507 e. The van der Waals surface area contributed by atoms with Crippen LogP contribution in [0.3, 0.4) is 0 Å². The first-order valence-electron chi connectivity index (χ1n) is 13.6. The second-order valence-electron chi connectivity index (χ2n) is 12.1. The highest BCUT2D eigenvalue weighted by molar-refractivity contribution is 8.93. The minimum absolute atomic E-state index is 0. The van der Waals surface area contributed by atoms with Crippen LogP contribution in [0.15, 0.2) is 29.5 Å². The smallest absolute Gasteiger partial charge is 0.439 e. The highest BCUT2D eigenvalue weighted by Crippen LogP contribution is 2.39. The van der Waals surface area contributed by atoms with Gasteiger partial charge in [0.15, 0.2) is 5.78 Å². The molecule has 1 heterocycles. The number of hydrogen-bond donors (Lipinski definition) is 1. The molecule has 1 N–H and O–H groups in total. The number of aromatic hydroxyl groups is 1. The predicted molar refractivity (Wildman–Crippen MR) is 160 cm³/mol. The van der Waals surface area contributed by atoms with Crippen molar-refractivity contribution in [2.24, 2.45) is 10.9 Å². The van der Waals surface area contributed by atoms with Gasteiger partial charge in [-0.1, -0.05) is 68.2 Å². The third-order valence-electron chi connectivity index (χ3n) is 6.87. The molecular formula is C30H45BrFN3O6. The molecule has 1 unspecified atom stereocenters. The van der Waals surface area contributed by atoms with Crippen molar-refractivity contribution in [1.29, 1.82) is 0 Å². The number of carbonyl (C=O) groups excluding carboxylic acids is 3. The van der Waals surface area contributed by atoms with E-state index in [0.717, 1.165) is 0 Å². The van der Waals surface area contributed by atoms with Crippen LogP contribution in [0.4, 0.5) is 9.18 Å². The summed E-state index contributed by atoms with van der Waals surface area (Å²) in [6, 6.07) is 3.39. The Morgan fingerprint density at radius 2 is 1.46 bits per heavy atom. The molecule has 0 radical (unpaired) electrons. The van der Waals surface area contributed by atoms with Gasteiger partial charge in [0.05, 0.1) is 13.1 Å². The number of esters is 1. The molecule has 1 aromatic carbocycles. The number of carbonyl (C=O) groups is 3. The lowest BCUT2D eigenvalue weighted by Crippen LogP contribution is -2.33. The van der Waals surface area contributed by atoms with E-state index in [4.69, 9.17) is 4.74 Å². The van der Waals surface area contributed by atoms with Gasteiger partial charge >= 0.3 is 12.1 Å². The average Bonchev–Trinajstić information content (AvgIpc) is 3.18. The van der Waals surface area contributed by atoms with Crippen LogP contribution < -0.4 is 5.62 Å². The van der Waals surface area contributed by atoms with Crippen molar-refractivity contribution in [2.45, 2.75) is 105 Å². The largest absolute Gasteiger partial charge is 0.507 e. The molecule has 1 amide bonds. The number of rotatable bonds is 10. The topological polar surface area (TPSA) is 112 Å². The molecule has 0 bridgehead atoms. The van der Waals surface area contributed by atoms with Crippen molar-refractivity contribution < 1.29 is 33.4 Å². The van der Waals surface area contributed by atoms with Crippen LogP contribution in [0.1, 0.15) is 96.6 Å². The number of phenols is 1. The number of benzene rings is 1. The summed E-state index contributed by atoms with van der Waals surface area (Å²) in [5.74, 6) is -0.914. The molecule has 1 aromatic heterocycles. The molecule has 230 valence electrons. The van der Waals surface area contributed by atoms with Crippen LogP contribution in [0, 0.1) is 5.92 Å². The molecule has 9 nitrogen and oxygen atoms in total. The number of ether oxygens (including phenoxy) is 2. The van der Waals surface area contributed by atoms with Gasteiger partial charge in [0, 0.05) is 36.0 Å². The van der Waals surface area contributed by atoms with E-state index >= 15 is 4.39 Å². The number of imidazole rings is 1. The molecule has 0 aliphatic carbocycles. The first-order chi connectivity index (χ1) is 18.5. The third kappa shape index (κ3) is 9.83. The number of hydrogen-bond acceptors (Lipinski definition) is 6. The second-order valence-corrected chi connectivity index (χ2v) is 12.1. The van der Waals surface area contributed by atoms with E-state index in [0.29, 0.717) is 29.5 Å². The molecular weight excluding hydrogens is 597 g/mol. The van der Waals surface area contributed by atoms with Gasteiger partial charge in [0.2, 0.25) is 12.4 Å². The predicted octanol–water partition coefficient (Wildman–Crippen LogP) is 6.38. The Labute approximate surface area is 252 Å². The zero-order chi connectivity index (χ0) is 30.4. The normalized spacial score (nSPS) is 13.1. The molecule has 2 aromatic rings. The van der Waals surface area contributed by atoms with Gasteiger partial charge in [-0.2, -0.15) is 0 Å².